The number of rotatable bonds is 3. The molecule has 3 nitrogen and oxygen atoms in total. The second-order valence-corrected chi connectivity index (χ2v) is 3.79. The van der Waals surface area contributed by atoms with E-state index >= 15 is 0 Å². The molecule has 80 valence electrons. The molecule has 0 aliphatic heterocycles. The van der Waals surface area contributed by atoms with Gasteiger partial charge in [0.2, 0.25) is 0 Å². The first-order valence-electron chi connectivity index (χ1n) is 4.55. The zero-order chi connectivity index (χ0) is 11.4. The third-order valence-corrected chi connectivity index (χ3v) is 2.61. The maximum absolute atomic E-state index is 9.68. The van der Waals surface area contributed by atoms with Crippen LogP contribution in [-0.4, -0.2) is 16.3 Å². The molecule has 0 aromatic heterocycles. The van der Waals surface area contributed by atoms with Crippen molar-refractivity contribution < 1.29 is 10.2 Å². The molecule has 2 unspecified atom stereocenters. The largest absolute Gasteiger partial charge is 0.389 e. The lowest BCUT2D eigenvalue weighted by molar-refractivity contribution is 0.0216. The van der Waals surface area contributed by atoms with Crippen LogP contribution in [0, 0.1) is 18.3 Å². The third kappa shape index (κ3) is 2.93. The molecular formula is C11H12ClNO2. The van der Waals surface area contributed by atoms with E-state index in [2.05, 4.69) is 0 Å². The van der Waals surface area contributed by atoms with Crippen LogP contribution in [0.5, 0.6) is 0 Å². The summed E-state index contributed by atoms with van der Waals surface area (Å²) in [6.45, 7) is 1.85. The summed E-state index contributed by atoms with van der Waals surface area (Å²) in [5.41, 5.74) is 1.43. The van der Waals surface area contributed by atoms with Crippen molar-refractivity contribution in [2.24, 2.45) is 0 Å². The molecular weight excluding hydrogens is 214 g/mol. The topological polar surface area (TPSA) is 64.2 Å². The number of hydrogen-bond acceptors (Lipinski definition) is 3. The maximum Gasteiger partial charge on any atom is 0.106 e. The minimum atomic E-state index is -1.08. The van der Waals surface area contributed by atoms with E-state index in [1.54, 1.807) is 24.3 Å². The molecule has 0 bridgehead atoms. The van der Waals surface area contributed by atoms with E-state index in [9.17, 15) is 10.2 Å². The average molecular weight is 226 g/mol. The highest BCUT2D eigenvalue weighted by molar-refractivity contribution is 6.31. The van der Waals surface area contributed by atoms with Crippen molar-refractivity contribution in [3.63, 3.8) is 0 Å². The Morgan fingerprint density at radius 2 is 2.13 bits per heavy atom. The van der Waals surface area contributed by atoms with Gasteiger partial charge in [0.25, 0.3) is 0 Å². The van der Waals surface area contributed by atoms with Gasteiger partial charge in [-0.15, -0.1) is 0 Å². The smallest absolute Gasteiger partial charge is 0.106 e. The summed E-state index contributed by atoms with van der Waals surface area (Å²) in [4.78, 5) is 0. The van der Waals surface area contributed by atoms with E-state index in [4.69, 9.17) is 16.9 Å². The molecule has 0 fully saturated rings. The molecule has 0 spiro atoms. The summed E-state index contributed by atoms with van der Waals surface area (Å²) in [7, 11) is 0. The number of nitrogens with zero attached hydrogens (tertiary/aromatic N) is 1. The van der Waals surface area contributed by atoms with Crippen molar-refractivity contribution in [2.75, 3.05) is 0 Å². The minimum absolute atomic E-state index is 0.105. The third-order valence-electron chi connectivity index (χ3n) is 2.20. The highest BCUT2D eigenvalue weighted by Gasteiger charge is 2.18. The van der Waals surface area contributed by atoms with E-state index in [1.165, 1.54) is 0 Å². The van der Waals surface area contributed by atoms with Crippen LogP contribution in [0.3, 0.4) is 0 Å². The van der Waals surface area contributed by atoms with Gasteiger partial charge in [0.1, 0.15) is 6.10 Å². The van der Waals surface area contributed by atoms with Crippen molar-refractivity contribution in [1.82, 2.24) is 0 Å². The predicted molar refractivity (Wildman–Crippen MR) is 57.4 cm³/mol. The van der Waals surface area contributed by atoms with E-state index in [-0.39, 0.29) is 6.42 Å². The number of aliphatic hydroxyl groups excluding tert-OH is 2. The molecule has 0 amide bonds. The van der Waals surface area contributed by atoms with Gasteiger partial charge in [-0.25, -0.2) is 0 Å². The normalized spacial score (nSPS) is 14.3. The molecule has 0 saturated carbocycles. The quantitative estimate of drug-likeness (QED) is 0.827. The van der Waals surface area contributed by atoms with Crippen molar-refractivity contribution in [3.05, 3.63) is 34.3 Å². The van der Waals surface area contributed by atoms with Crippen LogP contribution in [0.15, 0.2) is 18.2 Å². The molecule has 0 radical (unpaired) electrons. The molecule has 0 aliphatic carbocycles. The minimum Gasteiger partial charge on any atom is -0.389 e. The Labute approximate surface area is 93.5 Å². The number of benzene rings is 1. The van der Waals surface area contributed by atoms with E-state index < -0.39 is 12.2 Å². The van der Waals surface area contributed by atoms with Gasteiger partial charge in [-0.2, -0.15) is 5.26 Å². The maximum atomic E-state index is 9.68. The van der Waals surface area contributed by atoms with Crippen molar-refractivity contribution in [3.8, 4) is 6.07 Å². The van der Waals surface area contributed by atoms with Gasteiger partial charge in [-0.05, 0) is 24.1 Å². The van der Waals surface area contributed by atoms with Crippen LogP contribution in [0.4, 0.5) is 0 Å². The molecule has 2 atom stereocenters. The second kappa shape index (κ2) is 5.13. The van der Waals surface area contributed by atoms with Crippen molar-refractivity contribution in [1.29, 1.82) is 5.26 Å². The molecule has 0 heterocycles. The number of nitriles is 1. The molecule has 0 saturated heterocycles. The lowest BCUT2D eigenvalue weighted by Crippen LogP contribution is -2.17. The highest BCUT2D eigenvalue weighted by Crippen LogP contribution is 2.24. The average Bonchev–Trinajstić information content (AvgIpc) is 2.21. The Balaban J connectivity index is 2.87. The fraction of sp³-hybridized carbons (Fsp3) is 0.364. The van der Waals surface area contributed by atoms with Crippen LogP contribution in [0.2, 0.25) is 5.02 Å². The van der Waals surface area contributed by atoms with Gasteiger partial charge in [0.15, 0.2) is 0 Å². The van der Waals surface area contributed by atoms with E-state index in [0.717, 1.165) is 5.56 Å². The van der Waals surface area contributed by atoms with Gasteiger partial charge in [0.05, 0.1) is 18.6 Å². The highest BCUT2D eigenvalue weighted by atomic mass is 35.5. The van der Waals surface area contributed by atoms with Crippen LogP contribution in [-0.2, 0) is 0 Å². The predicted octanol–water partition coefficient (Wildman–Crippen LogP) is 1.96. The monoisotopic (exact) mass is 225 g/mol. The van der Waals surface area contributed by atoms with Gasteiger partial charge >= 0.3 is 0 Å². The number of hydrogen-bond donors (Lipinski definition) is 2. The molecule has 15 heavy (non-hydrogen) atoms. The lowest BCUT2D eigenvalue weighted by Gasteiger charge is -2.16. The summed E-state index contributed by atoms with van der Waals surface area (Å²) in [5, 5.41) is 28.0. The molecule has 1 aromatic carbocycles. The SMILES string of the molecule is Cc1ccc(C(O)C(O)CC#N)cc1Cl. The summed E-state index contributed by atoms with van der Waals surface area (Å²) in [6, 6.07) is 6.85. The van der Waals surface area contributed by atoms with E-state index in [1.807, 2.05) is 6.92 Å². The molecule has 0 aliphatic rings. The Kier molecular flexibility index (Phi) is 4.10. The standard InChI is InChI=1S/C11H12ClNO2/c1-7-2-3-8(6-9(7)12)11(15)10(14)4-5-13/h2-3,6,10-11,14-15H,4H2,1H3. The van der Waals surface area contributed by atoms with Crippen molar-refractivity contribution in [2.45, 2.75) is 25.6 Å². The van der Waals surface area contributed by atoms with E-state index in [0.29, 0.717) is 10.6 Å². The zero-order valence-corrected chi connectivity index (χ0v) is 9.07. The molecule has 1 rings (SSSR count). The number of halogens is 1. The van der Waals surface area contributed by atoms with Gasteiger partial charge in [-0.3, -0.25) is 0 Å². The summed E-state index contributed by atoms with van der Waals surface area (Å²) >= 11 is 5.88. The second-order valence-electron chi connectivity index (χ2n) is 3.38. The van der Waals surface area contributed by atoms with Gasteiger partial charge in [0, 0.05) is 5.02 Å². The van der Waals surface area contributed by atoms with Crippen molar-refractivity contribution >= 4 is 11.6 Å². The summed E-state index contributed by atoms with van der Waals surface area (Å²) in [6.07, 6.45) is -2.25. The van der Waals surface area contributed by atoms with Gasteiger partial charge in [-0.1, -0.05) is 23.7 Å². The van der Waals surface area contributed by atoms with Crippen LogP contribution < -0.4 is 0 Å². The fourth-order valence-electron chi connectivity index (χ4n) is 1.22. The summed E-state index contributed by atoms with van der Waals surface area (Å²) in [5.74, 6) is 0. The van der Waals surface area contributed by atoms with Crippen LogP contribution in [0.1, 0.15) is 23.7 Å². The molecule has 1 aromatic rings. The Hall–Kier alpha value is -1.08. The Morgan fingerprint density at radius 3 is 2.67 bits per heavy atom. The van der Waals surface area contributed by atoms with Gasteiger partial charge < -0.3 is 10.2 Å². The number of aliphatic hydroxyl groups is 2. The lowest BCUT2D eigenvalue weighted by atomic mass is 10.0. The zero-order valence-electron chi connectivity index (χ0n) is 8.31. The van der Waals surface area contributed by atoms with Crippen LogP contribution >= 0.6 is 11.6 Å². The van der Waals surface area contributed by atoms with Crippen LogP contribution in [0.25, 0.3) is 0 Å². The fourth-order valence-corrected chi connectivity index (χ4v) is 1.41. The first kappa shape index (κ1) is 12.0. The Morgan fingerprint density at radius 1 is 1.47 bits per heavy atom. The summed E-state index contributed by atoms with van der Waals surface area (Å²) < 4.78 is 0. The Bertz CT molecular complexity index is 387. The molecule has 2 N–H and O–H groups in total. The first-order chi connectivity index (χ1) is 7.06. The number of aryl methyl sites for hydroxylation is 1. The molecule has 4 heteroatoms. The first-order valence-corrected chi connectivity index (χ1v) is 4.93.